The van der Waals surface area contributed by atoms with Crippen LogP contribution in [0.3, 0.4) is 0 Å². The van der Waals surface area contributed by atoms with Crippen molar-refractivity contribution in [3.8, 4) is 0 Å². The van der Waals surface area contributed by atoms with Crippen LogP contribution < -0.4 is 10.6 Å². The van der Waals surface area contributed by atoms with E-state index in [1.165, 1.54) is 20.1 Å². The molecule has 21 heavy (non-hydrogen) atoms. The first-order chi connectivity index (χ1) is 9.65. The zero-order chi connectivity index (χ0) is 16.2. The van der Waals surface area contributed by atoms with Crippen LogP contribution in [0.2, 0.25) is 0 Å². The summed E-state index contributed by atoms with van der Waals surface area (Å²) >= 11 is 0. The van der Waals surface area contributed by atoms with Gasteiger partial charge in [0.2, 0.25) is 0 Å². The van der Waals surface area contributed by atoms with E-state index in [1.54, 1.807) is 0 Å². The lowest BCUT2D eigenvalue weighted by Crippen LogP contribution is -2.36. The van der Waals surface area contributed by atoms with Gasteiger partial charge in [-0.05, 0) is 24.6 Å². The SMILES string of the molecule is COCCN(CC(F)(F)F)c1cc(C)c(C(N)=O)c(F)c1. The van der Waals surface area contributed by atoms with Gasteiger partial charge in [0.15, 0.2) is 0 Å². The monoisotopic (exact) mass is 308 g/mol. The largest absolute Gasteiger partial charge is 0.405 e. The van der Waals surface area contributed by atoms with Gasteiger partial charge in [0.1, 0.15) is 12.4 Å². The predicted octanol–water partition coefficient (Wildman–Crippen LogP) is 2.25. The third-order valence-corrected chi connectivity index (χ3v) is 2.82. The molecule has 2 N–H and O–H groups in total. The molecule has 0 fully saturated rings. The van der Waals surface area contributed by atoms with Crippen LogP contribution in [0.4, 0.5) is 23.2 Å². The number of nitrogens with two attached hydrogens (primary N) is 1. The molecular weight excluding hydrogens is 292 g/mol. The topological polar surface area (TPSA) is 55.6 Å². The normalized spacial score (nSPS) is 11.5. The summed E-state index contributed by atoms with van der Waals surface area (Å²) in [5.74, 6) is -1.90. The van der Waals surface area contributed by atoms with E-state index in [1.807, 2.05) is 0 Å². The molecule has 0 heterocycles. The molecule has 0 radical (unpaired) electrons. The number of carbonyl (C=O) groups is 1. The maximum atomic E-state index is 13.8. The van der Waals surface area contributed by atoms with E-state index in [9.17, 15) is 22.4 Å². The van der Waals surface area contributed by atoms with Crippen LogP contribution >= 0.6 is 0 Å². The Morgan fingerprint density at radius 2 is 2.00 bits per heavy atom. The lowest BCUT2D eigenvalue weighted by atomic mass is 10.1. The van der Waals surface area contributed by atoms with Crippen LogP contribution in [0.5, 0.6) is 0 Å². The number of primary amides is 1. The van der Waals surface area contributed by atoms with Crippen LogP contribution in [0, 0.1) is 12.7 Å². The Morgan fingerprint density at radius 1 is 1.38 bits per heavy atom. The van der Waals surface area contributed by atoms with Crippen molar-refractivity contribution in [2.45, 2.75) is 13.1 Å². The first kappa shape index (κ1) is 17.2. The predicted molar refractivity (Wildman–Crippen MR) is 69.8 cm³/mol. The molecule has 0 saturated carbocycles. The minimum absolute atomic E-state index is 0.0179. The van der Waals surface area contributed by atoms with Crippen molar-refractivity contribution < 1.29 is 27.1 Å². The molecule has 0 bridgehead atoms. The summed E-state index contributed by atoms with van der Waals surface area (Å²) in [4.78, 5) is 12.0. The van der Waals surface area contributed by atoms with E-state index in [0.717, 1.165) is 11.0 Å². The summed E-state index contributed by atoms with van der Waals surface area (Å²) in [5.41, 5.74) is 4.91. The zero-order valence-corrected chi connectivity index (χ0v) is 11.6. The van der Waals surface area contributed by atoms with Crippen molar-refractivity contribution in [3.05, 3.63) is 29.1 Å². The van der Waals surface area contributed by atoms with Crippen LogP contribution in [0.15, 0.2) is 12.1 Å². The van der Waals surface area contributed by atoms with E-state index < -0.39 is 24.4 Å². The highest BCUT2D eigenvalue weighted by molar-refractivity contribution is 5.95. The first-order valence-corrected chi connectivity index (χ1v) is 6.06. The summed E-state index contributed by atoms with van der Waals surface area (Å²) in [6.45, 7) is 0.152. The van der Waals surface area contributed by atoms with E-state index >= 15 is 0 Å². The molecule has 0 unspecified atom stereocenters. The minimum atomic E-state index is -4.44. The lowest BCUT2D eigenvalue weighted by Gasteiger charge is -2.26. The smallest absolute Gasteiger partial charge is 0.383 e. The van der Waals surface area contributed by atoms with E-state index in [0.29, 0.717) is 0 Å². The number of anilines is 1. The van der Waals surface area contributed by atoms with Crippen molar-refractivity contribution in [2.24, 2.45) is 5.73 Å². The second kappa shape index (κ2) is 6.75. The Balaban J connectivity index is 3.16. The number of hydrogen-bond acceptors (Lipinski definition) is 3. The molecule has 0 aromatic heterocycles. The number of hydrogen-bond donors (Lipinski definition) is 1. The molecule has 0 aliphatic heterocycles. The number of nitrogens with zero attached hydrogens (tertiary/aromatic N) is 1. The van der Waals surface area contributed by atoms with Gasteiger partial charge in [0, 0.05) is 19.3 Å². The minimum Gasteiger partial charge on any atom is -0.383 e. The Bertz CT molecular complexity index is 494. The Labute approximate surface area is 119 Å². The molecular formula is C13H16F4N2O2. The highest BCUT2D eigenvalue weighted by Gasteiger charge is 2.31. The van der Waals surface area contributed by atoms with Gasteiger partial charge >= 0.3 is 6.18 Å². The quantitative estimate of drug-likeness (QED) is 0.820. The third-order valence-electron chi connectivity index (χ3n) is 2.82. The van der Waals surface area contributed by atoms with Gasteiger partial charge in [-0.1, -0.05) is 0 Å². The molecule has 0 saturated heterocycles. The fraction of sp³-hybridized carbons (Fsp3) is 0.462. The van der Waals surface area contributed by atoms with Crippen molar-refractivity contribution in [1.29, 1.82) is 0 Å². The number of rotatable bonds is 6. The number of aryl methyl sites for hydroxylation is 1. The van der Waals surface area contributed by atoms with Crippen LogP contribution in [-0.4, -0.2) is 38.9 Å². The number of ether oxygens (including phenoxy) is 1. The van der Waals surface area contributed by atoms with Crippen molar-refractivity contribution in [3.63, 3.8) is 0 Å². The molecule has 118 valence electrons. The summed E-state index contributed by atoms with van der Waals surface area (Å²) in [6.07, 6.45) is -4.44. The van der Waals surface area contributed by atoms with Gasteiger partial charge in [-0.15, -0.1) is 0 Å². The fourth-order valence-electron chi connectivity index (χ4n) is 1.94. The number of carbonyl (C=O) groups excluding carboxylic acids is 1. The first-order valence-electron chi connectivity index (χ1n) is 6.06. The number of halogens is 4. The third kappa shape index (κ3) is 4.89. The maximum absolute atomic E-state index is 13.8. The molecule has 1 rings (SSSR count). The highest BCUT2D eigenvalue weighted by atomic mass is 19.4. The molecule has 0 spiro atoms. The molecule has 0 aliphatic rings. The molecule has 1 aromatic carbocycles. The van der Waals surface area contributed by atoms with Gasteiger partial charge in [-0.25, -0.2) is 4.39 Å². The molecule has 1 aromatic rings. The standard InChI is InChI=1S/C13H16F4N2O2/c1-8-5-9(6-10(14)11(8)12(18)20)19(3-4-21-2)7-13(15,16)17/h5-6H,3-4,7H2,1-2H3,(H2,18,20). The van der Waals surface area contributed by atoms with Crippen molar-refractivity contribution in [1.82, 2.24) is 0 Å². The van der Waals surface area contributed by atoms with Crippen molar-refractivity contribution >= 4 is 11.6 Å². The van der Waals surface area contributed by atoms with E-state index in [2.05, 4.69) is 0 Å². The highest BCUT2D eigenvalue weighted by Crippen LogP contribution is 2.26. The Morgan fingerprint density at radius 3 is 2.43 bits per heavy atom. The number of amides is 1. The Kier molecular flexibility index (Phi) is 5.54. The summed E-state index contributed by atoms with van der Waals surface area (Å²) in [5, 5.41) is 0. The zero-order valence-electron chi connectivity index (χ0n) is 11.6. The van der Waals surface area contributed by atoms with E-state index in [4.69, 9.17) is 10.5 Å². The molecule has 8 heteroatoms. The lowest BCUT2D eigenvalue weighted by molar-refractivity contribution is -0.120. The van der Waals surface area contributed by atoms with Crippen LogP contribution in [0.25, 0.3) is 0 Å². The van der Waals surface area contributed by atoms with Gasteiger partial charge in [0.25, 0.3) is 5.91 Å². The number of alkyl halides is 3. The van der Waals surface area contributed by atoms with Gasteiger partial charge < -0.3 is 15.4 Å². The van der Waals surface area contributed by atoms with Crippen LogP contribution in [-0.2, 0) is 4.74 Å². The average molecular weight is 308 g/mol. The van der Waals surface area contributed by atoms with Crippen molar-refractivity contribution in [2.75, 3.05) is 31.7 Å². The van der Waals surface area contributed by atoms with Gasteiger partial charge in [-0.2, -0.15) is 13.2 Å². The second-order valence-corrected chi connectivity index (χ2v) is 4.51. The summed E-state index contributed by atoms with van der Waals surface area (Å²) in [6, 6.07) is 2.17. The Hall–Kier alpha value is -1.83. The maximum Gasteiger partial charge on any atom is 0.405 e. The molecule has 4 nitrogen and oxygen atoms in total. The molecule has 1 amide bonds. The summed E-state index contributed by atoms with van der Waals surface area (Å²) in [7, 11) is 1.35. The van der Waals surface area contributed by atoms with E-state index in [-0.39, 0.29) is 30.0 Å². The molecule has 0 aliphatic carbocycles. The van der Waals surface area contributed by atoms with Gasteiger partial charge in [-0.3, -0.25) is 4.79 Å². The average Bonchev–Trinajstić information content (AvgIpc) is 2.31. The van der Waals surface area contributed by atoms with Crippen LogP contribution in [0.1, 0.15) is 15.9 Å². The second-order valence-electron chi connectivity index (χ2n) is 4.51. The fourth-order valence-corrected chi connectivity index (χ4v) is 1.94. The van der Waals surface area contributed by atoms with Gasteiger partial charge in [0.05, 0.1) is 12.2 Å². The number of benzene rings is 1. The number of methoxy groups -OCH3 is 1. The summed E-state index contributed by atoms with van der Waals surface area (Å²) < 4.78 is 56.3. The molecule has 0 atom stereocenters.